The molecule has 0 aromatic heterocycles. The van der Waals surface area contributed by atoms with Gasteiger partial charge in [0.1, 0.15) is 0 Å². The molecule has 84 valence electrons. The van der Waals surface area contributed by atoms with Crippen molar-refractivity contribution in [2.24, 2.45) is 17.3 Å². The van der Waals surface area contributed by atoms with Gasteiger partial charge in [0.05, 0.1) is 0 Å². The van der Waals surface area contributed by atoms with Gasteiger partial charge in [0.15, 0.2) is 0 Å². The molecule has 0 aromatic carbocycles. The Morgan fingerprint density at radius 3 is 2.36 bits per heavy atom. The lowest BCUT2D eigenvalue weighted by Crippen LogP contribution is -2.32. The minimum atomic E-state index is 0.0992. The van der Waals surface area contributed by atoms with E-state index in [1.807, 2.05) is 0 Å². The molecule has 1 atom stereocenters. The number of ether oxygens (including phenoxy) is 1. The number of rotatable bonds is 4. The van der Waals surface area contributed by atoms with E-state index in [0.29, 0.717) is 12.5 Å². The Kier molecular flexibility index (Phi) is 4.39. The maximum Gasteiger partial charge on any atom is 0.0487 e. The van der Waals surface area contributed by atoms with E-state index in [9.17, 15) is 5.11 Å². The lowest BCUT2D eigenvalue weighted by molar-refractivity contribution is 0.0186. The van der Waals surface area contributed by atoms with Crippen molar-refractivity contribution in [3.8, 4) is 0 Å². The predicted molar refractivity (Wildman–Crippen MR) is 58.2 cm³/mol. The second-order valence-electron chi connectivity index (χ2n) is 5.23. The molecule has 0 aromatic rings. The molecule has 1 aliphatic heterocycles. The van der Waals surface area contributed by atoms with E-state index in [4.69, 9.17) is 4.74 Å². The molecule has 1 saturated heterocycles. The van der Waals surface area contributed by atoms with Crippen LogP contribution in [0.5, 0.6) is 0 Å². The summed E-state index contributed by atoms with van der Waals surface area (Å²) in [6, 6.07) is 0. The summed E-state index contributed by atoms with van der Waals surface area (Å²) in [6.07, 6.45) is 3.48. The SMILES string of the molecule is CC(C)C(C)(CO)CC1CCOCC1. The monoisotopic (exact) mass is 200 g/mol. The average Bonchev–Trinajstić information content (AvgIpc) is 2.19. The second kappa shape index (κ2) is 5.13. The van der Waals surface area contributed by atoms with Crippen molar-refractivity contribution in [3.05, 3.63) is 0 Å². The average molecular weight is 200 g/mol. The van der Waals surface area contributed by atoms with Gasteiger partial charge in [-0.2, -0.15) is 0 Å². The summed E-state index contributed by atoms with van der Waals surface area (Å²) in [5, 5.41) is 9.46. The normalized spacial score (nSPS) is 23.8. The molecular formula is C12H24O2. The third kappa shape index (κ3) is 2.96. The highest BCUT2D eigenvalue weighted by Crippen LogP contribution is 2.36. The van der Waals surface area contributed by atoms with Crippen molar-refractivity contribution >= 4 is 0 Å². The predicted octanol–water partition coefficient (Wildman–Crippen LogP) is 2.46. The quantitative estimate of drug-likeness (QED) is 0.755. The van der Waals surface area contributed by atoms with Crippen molar-refractivity contribution in [3.63, 3.8) is 0 Å². The van der Waals surface area contributed by atoms with E-state index in [1.165, 1.54) is 12.8 Å². The van der Waals surface area contributed by atoms with Crippen LogP contribution in [-0.4, -0.2) is 24.9 Å². The van der Waals surface area contributed by atoms with Gasteiger partial charge < -0.3 is 9.84 Å². The molecule has 14 heavy (non-hydrogen) atoms. The highest BCUT2D eigenvalue weighted by atomic mass is 16.5. The van der Waals surface area contributed by atoms with E-state index >= 15 is 0 Å². The number of hydrogen-bond acceptors (Lipinski definition) is 2. The van der Waals surface area contributed by atoms with Crippen molar-refractivity contribution in [1.82, 2.24) is 0 Å². The molecule has 1 unspecified atom stereocenters. The third-order valence-electron chi connectivity index (χ3n) is 3.85. The lowest BCUT2D eigenvalue weighted by atomic mass is 9.72. The van der Waals surface area contributed by atoms with Gasteiger partial charge in [-0.25, -0.2) is 0 Å². The Bertz CT molecular complexity index is 162. The number of aliphatic hydroxyl groups excluding tert-OH is 1. The molecule has 1 rings (SSSR count). The fraction of sp³-hybridized carbons (Fsp3) is 1.00. The fourth-order valence-corrected chi connectivity index (χ4v) is 2.09. The zero-order valence-electron chi connectivity index (χ0n) is 9.75. The van der Waals surface area contributed by atoms with Gasteiger partial charge in [0.2, 0.25) is 0 Å². The first-order valence-electron chi connectivity index (χ1n) is 5.77. The summed E-state index contributed by atoms with van der Waals surface area (Å²) in [4.78, 5) is 0. The second-order valence-corrected chi connectivity index (χ2v) is 5.23. The van der Waals surface area contributed by atoms with Crippen molar-refractivity contribution in [2.75, 3.05) is 19.8 Å². The molecule has 1 fully saturated rings. The van der Waals surface area contributed by atoms with Crippen LogP contribution >= 0.6 is 0 Å². The molecule has 1 heterocycles. The summed E-state index contributed by atoms with van der Waals surface area (Å²) in [5.41, 5.74) is 0.0992. The molecule has 0 aliphatic carbocycles. The minimum Gasteiger partial charge on any atom is -0.396 e. The first-order valence-corrected chi connectivity index (χ1v) is 5.77. The molecule has 0 bridgehead atoms. The lowest BCUT2D eigenvalue weighted by Gasteiger charge is -2.36. The van der Waals surface area contributed by atoms with Crippen molar-refractivity contribution in [1.29, 1.82) is 0 Å². The van der Waals surface area contributed by atoms with Crippen LogP contribution < -0.4 is 0 Å². The minimum absolute atomic E-state index is 0.0992. The molecule has 1 N–H and O–H groups in total. The Labute approximate surface area is 87.7 Å². The van der Waals surface area contributed by atoms with E-state index in [1.54, 1.807) is 0 Å². The van der Waals surface area contributed by atoms with Gasteiger partial charge in [-0.05, 0) is 36.5 Å². The molecule has 0 spiro atoms. The van der Waals surface area contributed by atoms with Crippen LogP contribution in [-0.2, 0) is 4.74 Å². The highest BCUT2D eigenvalue weighted by molar-refractivity contribution is 4.81. The topological polar surface area (TPSA) is 29.5 Å². The van der Waals surface area contributed by atoms with Gasteiger partial charge in [-0.3, -0.25) is 0 Å². The molecule has 2 heteroatoms. The highest BCUT2D eigenvalue weighted by Gasteiger charge is 2.31. The van der Waals surface area contributed by atoms with Crippen LogP contribution in [0, 0.1) is 17.3 Å². The first-order chi connectivity index (χ1) is 6.58. The first kappa shape index (κ1) is 12.0. The zero-order valence-corrected chi connectivity index (χ0v) is 9.75. The molecule has 0 saturated carbocycles. The molecule has 1 aliphatic rings. The Balaban J connectivity index is 2.46. The van der Waals surface area contributed by atoms with Gasteiger partial charge in [-0.1, -0.05) is 20.8 Å². The maximum atomic E-state index is 9.46. The summed E-state index contributed by atoms with van der Waals surface area (Å²) in [6.45, 7) is 8.73. The molecular weight excluding hydrogens is 176 g/mol. The van der Waals surface area contributed by atoms with Gasteiger partial charge >= 0.3 is 0 Å². The smallest absolute Gasteiger partial charge is 0.0487 e. The Morgan fingerprint density at radius 2 is 1.93 bits per heavy atom. The molecule has 0 radical (unpaired) electrons. The van der Waals surface area contributed by atoms with Gasteiger partial charge in [0, 0.05) is 19.8 Å². The van der Waals surface area contributed by atoms with Crippen molar-refractivity contribution < 1.29 is 9.84 Å². The van der Waals surface area contributed by atoms with E-state index < -0.39 is 0 Å². The van der Waals surface area contributed by atoms with Crippen molar-refractivity contribution in [2.45, 2.75) is 40.0 Å². The number of hydrogen-bond donors (Lipinski definition) is 1. The summed E-state index contributed by atoms with van der Waals surface area (Å²) in [5.74, 6) is 1.30. The van der Waals surface area contributed by atoms with Crippen LogP contribution in [0.15, 0.2) is 0 Å². The summed E-state index contributed by atoms with van der Waals surface area (Å²) in [7, 11) is 0. The molecule has 0 amide bonds. The van der Waals surface area contributed by atoms with Crippen LogP contribution in [0.4, 0.5) is 0 Å². The van der Waals surface area contributed by atoms with E-state index in [2.05, 4.69) is 20.8 Å². The standard InChI is InChI=1S/C12H24O2/c1-10(2)12(3,9-13)8-11-4-6-14-7-5-11/h10-11,13H,4-9H2,1-3H3. The van der Waals surface area contributed by atoms with Crippen LogP contribution in [0.3, 0.4) is 0 Å². The van der Waals surface area contributed by atoms with Crippen LogP contribution in [0.2, 0.25) is 0 Å². The van der Waals surface area contributed by atoms with Gasteiger partial charge in [0.25, 0.3) is 0 Å². The van der Waals surface area contributed by atoms with E-state index in [0.717, 1.165) is 25.6 Å². The van der Waals surface area contributed by atoms with E-state index in [-0.39, 0.29) is 5.41 Å². The molecule has 2 nitrogen and oxygen atoms in total. The maximum absolute atomic E-state index is 9.46. The Hall–Kier alpha value is -0.0800. The largest absolute Gasteiger partial charge is 0.396 e. The summed E-state index contributed by atoms with van der Waals surface area (Å²) < 4.78 is 5.35. The van der Waals surface area contributed by atoms with Gasteiger partial charge in [-0.15, -0.1) is 0 Å². The Morgan fingerprint density at radius 1 is 1.36 bits per heavy atom. The van der Waals surface area contributed by atoms with Crippen LogP contribution in [0.25, 0.3) is 0 Å². The third-order valence-corrected chi connectivity index (χ3v) is 3.85. The number of aliphatic hydroxyl groups is 1. The fourth-order valence-electron chi connectivity index (χ4n) is 2.09. The van der Waals surface area contributed by atoms with Crippen LogP contribution in [0.1, 0.15) is 40.0 Å². The zero-order chi connectivity index (χ0) is 10.6. The summed E-state index contributed by atoms with van der Waals surface area (Å²) >= 11 is 0.